The van der Waals surface area contributed by atoms with Gasteiger partial charge in [-0.25, -0.2) is 4.79 Å². The molecule has 0 heterocycles. The number of nitriles is 1. The van der Waals surface area contributed by atoms with Crippen LogP contribution in [0.2, 0.25) is 0 Å². The third-order valence-electron chi connectivity index (χ3n) is 3.08. The lowest BCUT2D eigenvalue weighted by atomic mass is 10.1. The van der Waals surface area contributed by atoms with E-state index in [-0.39, 0.29) is 17.0 Å². The molecule has 2 aromatic carbocycles. The molecule has 0 spiro atoms. The lowest BCUT2D eigenvalue weighted by Crippen LogP contribution is -2.14. The molecule has 2 N–H and O–H groups in total. The third-order valence-corrected chi connectivity index (χ3v) is 3.08. The summed E-state index contributed by atoms with van der Waals surface area (Å²) in [5.41, 5.74) is 3.64. The van der Waals surface area contributed by atoms with Crippen LogP contribution in [0.3, 0.4) is 0 Å². The highest BCUT2D eigenvalue weighted by molar-refractivity contribution is 6.51. The van der Waals surface area contributed by atoms with Gasteiger partial charge in [0.05, 0.1) is 11.3 Å². The van der Waals surface area contributed by atoms with E-state index < -0.39 is 11.8 Å². The first-order valence-corrected chi connectivity index (χ1v) is 6.70. The van der Waals surface area contributed by atoms with Crippen LogP contribution >= 0.6 is 0 Å². The van der Waals surface area contributed by atoms with E-state index in [0.717, 1.165) is 5.56 Å². The summed E-state index contributed by atoms with van der Waals surface area (Å²) in [6, 6.07) is 14.5. The van der Waals surface area contributed by atoms with Gasteiger partial charge in [0.2, 0.25) is 11.5 Å². The minimum Gasteiger partial charge on any atom is -0.478 e. The van der Waals surface area contributed by atoms with Gasteiger partial charge in [-0.3, -0.25) is 10.2 Å². The average molecular weight is 307 g/mol. The van der Waals surface area contributed by atoms with Crippen molar-refractivity contribution < 1.29 is 14.7 Å². The van der Waals surface area contributed by atoms with Crippen molar-refractivity contribution >= 4 is 23.2 Å². The van der Waals surface area contributed by atoms with Crippen molar-refractivity contribution in [3.63, 3.8) is 0 Å². The Bertz CT molecular complexity index is 818. The van der Waals surface area contributed by atoms with Crippen molar-refractivity contribution in [1.82, 2.24) is 0 Å². The molecule has 0 bridgehead atoms. The molecule has 0 unspecified atom stereocenters. The Labute approximate surface area is 132 Å². The van der Waals surface area contributed by atoms with Crippen molar-refractivity contribution in [2.45, 2.75) is 6.92 Å². The monoisotopic (exact) mass is 307 g/mol. The summed E-state index contributed by atoms with van der Waals surface area (Å²) in [5.74, 6) is -1.67. The van der Waals surface area contributed by atoms with E-state index in [2.05, 4.69) is 10.5 Å². The molecular formula is C17H13N3O3. The quantitative estimate of drug-likeness (QED) is 0.502. The Kier molecular flexibility index (Phi) is 4.85. The van der Waals surface area contributed by atoms with Gasteiger partial charge in [0.1, 0.15) is 6.07 Å². The van der Waals surface area contributed by atoms with E-state index in [4.69, 9.17) is 10.4 Å². The molecule has 6 heteroatoms. The molecule has 0 fully saturated rings. The molecule has 0 saturated heterocycles. The minimum atomic E-state index is -1.13. The second kappa shape index (κ2) is 7.00. The molecule has 0 saturated carbocycles. The van der Waals surface area contributed by atoms with Crippen molar-refractivity contribution in [2.75, 3.05) is 5.43 Å². The number of hydrogen-bond acceptors (Lipinski definition) is 5. The van der Waals surface area contributed by atoms with Crippen LogP contribution in [-0.2, 0) is 0 Å². The fraction of sp³-hybridized carbons (Fsp3) is 0.0588. The number of carbonyl (C=O) groups excluding carboxylic acids is 1. The topological polar surface area (TPSA) is 103 Å². The van der Waals surface area contributed by atoms with Gasteiger partial charge in [-0.15, -0.1) is 0 Å². The molecule has 2 aromatic rings. The summed E-state index contributed by atoms with van der Waals surface area (Å²) in [7, 11) is 0. The van der Waals surface area contributed by atoms with Gasteiger partial charge in [-0.1, -0.05) is 42.0 Å². The molecule has 0 amide bonds. The maximum atomic E-state index is 12.2. The number of hydrogen-bond donors (Lipinski definition) is 2. The molecule has 0 aliphatic carbocycles. The second-order valence-electron chi connectivity index (χ2n) is 4.73. The number of Topliss-reactive ketones (excluding diaryl/α,β-unsaturated/α-hetero) is 1. The number of nitrogens with zero attached hydrogens (tertiary/aromatic N) is 2. The zero-order chi connectivity index (χ0) is 16.8. The fourth-order valence-corrected chi connectivity index (χ4v) is 1.85. The summed E-state index contributed by atoms with van der Waals surface area (Å²) in [6.07, 6.45) is 0. The predicted molar refractivity (Wildman–Crippen MR) is 85.6 cm³/mol. The highest BCUT2D eigenvalue weighted by Gasteiger charge is 2.15. The number of aromatic carboxylic acids is 1. The maximum absolute atomic E-state index is 12.2. The molecule has 0 aliphatic heterocycles. The first-order chi connectivity index (χ1) is 11.0. The average Bonchev–Trinajstić information content (AvgIpc) is 2.56. The van der Waals surface area contributed by atoms with Gasteiger partial charge < -0.3 is 5.11 Å². The lowest BCUT2D eigenvalue weighted by Gasteiger charge is -2.05. The number of aryl methyl sites for hydroxylation is 1. The summed E-state index contributed by atoms with van der Waals surface area (Å²) in [5, 5.41) is 21.9. The Morgan fingerprint density at radius 1 is 1.13 bits per heavy atom. The van der Waals surface area contributed by atoms with Crippen LogP contribution in [0.4, 0.5) is 5.69 Å². The third kappa shape index (κ3) is 3.80. The SMILES string of the molecule is Cc1ccc(C(=O)C(C#N)=NNc2ccccc2C(=O)O)cc1. The molecule has 2 rings (SSSR count). The van der Waals surface area contributed by atoms with Crippen molar-refractivity contribution in [3.05, 3.63) is 65.2 Å². The number of benzene rings is 2. The lowest BCUT2D eigenvalue weighted by molar-refractivity contribution is 0.0697. The highest BCUT2D eigenvalue weighted by Crippen LogP contribution is 2.15. The van der Waals surface area contributed by atoms with Gasteiger partial charge in [0, 0.05) is 5.56 Å². The first kappa shape index (κ1) is 15.9. The first-order valence-electron chi connectivity index (χ1n) is 6.70. The van der Waals surface area contributed by atoms with Gasteiger partial charge in [0.25, 0.3) is 0 Å². The van der Waals surface area contributed by atoms with Crippen LogP contribution in [0.5, 0.6) is 0 Å². The van der Waals surface area contributed by atoms with Crippen molar-refractivity contribution in [3.8, 4) is 6.07 Å². The summed E-state index contributed by atoms with van der Waals surface area (Å²) >= 11 is 0. The molecule has 0 radical (unpaired) electrons. The van der Waals surface area contributed by atoms with Crippen LogP contribution < -0.4 is 5.43 Å². The molecule has 6 nitrogen and oxygen atoms in total. The van der Waals surface area contributed by atoms with Gasteiger partial charge in [0.15, 0.2) is 0 Å². The number of anilines is 1. The Morgan fingerprint density at radius 2 is 1.78 bits per heavy atom. The van der Waals surface area contributed by atoms with Crippen LogP contribution in [0, 0.1) is 18.3 Å². The molecule has 23 heavy (non-hydrogen) atoms. The van der Waals surface area contributed by atoms with E-state index in [1.165, 1.54) is 12.1 Å². The number of rotatable bonds is 5. The van der Waals surface area contributed by atoms with E-state index >= 15 is 0 Å². The van der Waals surface area contributed by atoms with E-state index in [9.17, 15) is 9.59 Å². The van der Waals surface area contributed by atoms with Crippen LogP contribution in [0.1, 0.15) is 26.3 Å². The molecule has 114 valence electrons. The van der Waals surface area contributed by atoms with E-state index in [1.54, 1.807) is 42.5 Å². The number of hydrazone groups is 1. The highest BCUT2D eigenvalue weighted by atomic mass is 16.4. The molecule has 0 aromatic heterocycles. The Morgan fingerprint density at radius 3 is 2.39 bits per heavy atom. The van der Waals surface area contributed by atoms with Crippen molar-refractivity contribution in [1.29, 1.82) is 5.26 Å². The summed E-state index contributed by atoms with van der Waals surface area (Å²) in [6.45, 7) is 1.89. The normalized spacial score (nSPS) is 10.7. The Hall–Kier alpha value is -3.46. The van der Waals surface area contributed by atoms with Gasteiger partial charge >= 0.3 is 5.97 Å². The number of carbonyl (C=O) groups is 2. The largest absolute Gasteiger partial charge is 0.478 e. The van der Waals surface area contributed by atoms with Crippen molar-refractivity contribution in [2.24, 2.45) is 5.10 Å². The number of carboxylic acids is 1. The minimum absolute atomic E-state index is 0.00340. The zero-order valence-electron chi connectivity index (χ0n) is 12.3. The molecular weight excluding hydrogens is 294 g/mol. The van der Waals surface area contributed by atoms with Gasteiger partial charge in [-0.2, -0.15) is 10.4 Å². The smallest absolute Gasteiger partial charge is 0.337 e. The Balaban J connectivity index is 2.26. The standard InChI is InChI=1S/C17H13N3O3/c1-11-6-8-12(9-7-11)16(21)15(10-18)20-19-14-5-3-2-4-13(14)17(22)23/h2-9,19H,1H3,(H,22,23). The number of nitrogens with one attached hydrogen (secondary N) is 1. The maximum Gasteiger partial charge on any atom is 0.337 e. The van der Waals surface area contributed by atoms with E-state index in [1.807, 2.05) is 6.92 Å². The van der Waals surface area contributed by atoms with E-state index in [0.29, 0.717) is 5.56 Å². The summed E-state index contributed by atoms with van der Waals surface area (Å²) in [4.78, 5) is 23.3. The van der Waals surface area contributed by atoms with Gasteiger partial charge in [-0.05, 0) is 19.1 Å². The van der Waals surface area contributed by atoms with Crippen LogP contribution in [0.15, 0.2) is 53.6 Å². The molecule has 0 atom stereocenters. The van der Waals surface area contributed by atoms with Crippen LogP contribution in [-0.4, -0.2) is 22.6 Å². The summed E-state index contributed by atoms with van der Waals surface area (Å²) < 4.78 is 0. The number of para-hydroxylation sites is 1. The second-order valence-corrected chi connectivity index (χ2v) is 4.73. The predicted octanol–water partition coefficient (Wildman–Crippen LogP) is 2.87. The number of ketones is 1. The zero-order valence-corrected chi connectivity index (χ0v) is 12.3. The number of carboxylic acid groups (broad SMARTS) is 1. The van der Waals surface area contributed by atoms with Crippen LogP contribution in [0.25, 0.3) is 0 Å². The fourth-order valence-electron chi connectivity index (χ4n) is 1.85. The molecule has 0 aliphatic rings.